The van der Waals surface area contributed by atoms with Crippen LogP contribution in [0.2, 0.25) is 0 Å². The second-order valence-electron chi connectivity index (χ2n) is 5.49. The van der Waals surface area contributed by atoms with E-state index < -0.39 is 0 Å². The minimum Gasteiger partial charge on any atom is -0.302 e. The first kappa shape index (κ1) is 14.2. The summed E-state index contributed by atoms with van der Waals surface area (Å²) in [6.07, 6.45) is 0. The predicted octanol–water partition coefficient (Wildman–Crippen LogP) is 5.02. The Labute approximate surface area is 129 Å². The van der Waals surface area contributed by atoms with Crippen molar-refractivity contribution in [3.63, 3.8) is 0 Å². The van der Waals surface area contributed by atoms with Gasteiger partial charge in [-0.05, 0) is 44.0 Å². The number of fused-ring (bicyclic) bond motifs is 1. The van der Waals surface area contributed by atoms with Gasteiger partial charge in [0.15, 0.2) is 0 Å². The summed E-state index contributed by atoms with van der Waals surface area (Å²) < 4.78 is 1.25. The molecule has 0 spiro atoms. The Hall–Kier alpha value is -1.71. The number of aryl methyl sites for hydroxylation is 1. The molecule has 2 atom stereocenters. The van der Waals surface area contributed by atoms with Crippen molar-refractivity contribution in [1.29, 1.82) is 0 Å². The molecule has 2 nitrogen and oxygen atoms in total. The highest BCUT2D eigenvalue weighted by atomic mass is 32.1. The third-order valence-electron chi connectivity index (χ3n) is 3.84. The summed E-state index contributed by atoms with van der Waals surface area (Å²) in [4.78, 5) is 4.74. The summed E-state index contributed by atoms with van der Waals surface area (Å²) in [5, 5.41) is 4.81. The number of hydrogen-bond acceptors (Lipinski definition) is 3. The largest absolute Gasteiger partial charge is 0.302 e. The zero-order valence-corrected chi connectivity index (χ0v) is 13.4. The molecule has 0 aliphatic rings. The molecule has 0 radical (unpaired) electrons. The van der Waals surface area contributed by atoms with Crippen molar-refractivity contribution in [3.8, 4) is 0 Å². The van der Waals surface area contributed by atoms with Crippen LogP contribution in [-0.4, -0.2) is 4.98 Å². The van der Waals surface area contributed by atoms with Crippen molar-refractivity contribution in [2.24, 2.45) is 0 Å². The van der Waals surface area contributed by atoms with Crippen LogP contribution in [0.1, 0.15) is 42.1 Å². The Bertz CT molecular complexity index is 715. The van der Waals surface area contributed by atoms with E-state index in [0.717, 1.165) is 10.5 Å². The molecule has 1 aromatic heterocycles. The van der Waals surface area contributed by atoms with E-state index in [1.165, 1.54) is 15.8 Å². The minimum absolute atomic E-state index is 0.247. The van der Waals surface area contributed by atoms with Crippen LogP contribution in [0.5, 0.6) is 0 Å². The van der Waals surface area contributed by atoms with Crippen LogP contribution >= 0.6 is 11.3 Å². The normalized spacial score (nSPS) is 14.2. The molecular formula is C18H20N2S. The lowest BCUT2D eigenvalue weighted by Crippen LogP contribution is -2.22. The van der Waals surface area contributed by atoms with Gasteiger partial charge in [0.1, 0.15) is 5.01 Å². The van der Waals surface area contributed by atoms with Crippen molar-refractivity contribution in [3.05, 3.63) is 64.7 Å². The summed E-state index contributed by atoms with van der Waals surface area (Å²) in [6, 6.07) is 17.4. The topological polar surface area (TPSA) is 24.9 Å². The molecule has 0 bridgehead atoms. The number of para-hydroxylation sites is 1. The van der Waals surface area contributed by atoms with Crippen LogP contribution in [0.3, 0.4) is 0 Å². The standard InChI is InChI=1S/C18H20N2S/c1-12-8-4-5-9-15(12)13(2)19-14(3)18-20-16-10-6-7-11-17(16)21-18/h4-11,13-14,19H,1-3H3/t13-,14?/m0/s1. The molecule has 1 heterocycles. The first-order valence-electron chi connectivity index (χ1n) is 7.32. The van der Waals surface area contributed by atoms with Gasteiger partial charge in [0.25, 0.3) is 0 Å². The highest BCUT2D eigenvalue weighted by Gasteiger charge is 2.15. The first-order chi connectivity index (χ1) is 10.1. The van der Waals surface area contributed by atoms with Crippen molar-refractivity contribution in [2.75, 3.05) is 0 Å². The highest BCUT2D eigenvalue weighted by Crippen LogP contribution is 2.28. The van der Waals surface area contributed by atoms with E-state index in [1.54, 1.807) is 11.3 Å². The molecule has 0 amide bonds. The van der Waals surface area contributed by atoms with Crippen molar-refractivity contribution in [1.82, 2.24) is 10.3 Å². The highest BCUT2D eigenvalue weighted by molar-refractivity contribution is 7.18. The van der Waals surface area contributed by atoms with Gasteiger partial charge in [0, 0.05) is 6.04 Å². The summed E-state index contributed by atoms with van der Waals surface area (Å²) in [7, 11) is 0. The van der Waals surface area contributed by atoms with Gasteiger partial charge in [-0.3, -0.25) is 0 Å². The molecule has 0 fully saturated rings. The Kier molecular flexibility index (Phi) is 4.04. The van der Waals surface area contributed by atoms with Crippen LogP contribution in [0.4, 0.5) is 0 Å². The molecule has 108 valence electrons. The molecule has 1 N–H and O–H groups in total. The zero-order chi connectivity index (χ0) is 14.8. The summed E-state index contributed by atoms with van der Waals surface area (Å²) in [6.45, 7) is 6.56. The molecule has 0 aliphatic heterocycles. The quantitative estimate of drug-likeness (QED) is 0.731. The third kappa shape index (κ3) is 2.99. The van der Waals surface area contributed by atoms with Crippen LogP contribution < -0.4 is 5.32 Å². The molecule has 3 heteroatoms. The third-order valence-corrected chi connectivity index (χ3v) is 5.05. The van der Waals surface area contributed by atoms with E-state index in [-0.39, 0.29) is 6.04 Å². The lowest BCUT2D eigenvalue weighted by Gasteiger charge is -2.20. The Morgan fingerprint density at radius 1 is 0.952 bits per heavy atom. The molecule has 3 rings (SSSR count). The Morgan fingerprint density at radius 2 is 1.67 bits per heavy atom. The van der Waals surface area contributed by atoms with E-state index in [9.17, 15) is 0 Å². The van der Waals surface area contributed by atoms with Gasteiger partial charge >= 0.3 is 0 Å². The van der Waals surface area contributed by atoms with Crippen molar-refractivity contribution >= 4 is 21.6 Å². The number of nitrogens with one attached hydrogen (secondary N) is 1. The Balaban J connectivity index is 1.79. The fourth-order valence-electron chi connectivity index (χ4n) is 2.68. The maximum absolute atomic E-state index is 4.74. The Morgan fingerprint density at radius 3 is 2.43 bits per heavy atom. The number of nitrogens with zero attached hydrogens (tertiary/aromatic N) is 1. The zero-order valence-electron chi connectivity index (χ0n) is 12.6. The first-order valence-corrected chi connectivity index (χ1v) is 8.14. The molecule has 3 aromatic rings. The van der Waals surface area contributed by atoms with Gasteiger partial charge in [-0.15, -0.1) is 11.3 Å². The molecule has 0 aliphatic carbocycles. The number of rotatable bonds is 4. The SMILES string of the molecule is Cc1ccccc1[C@H](C)NC(C)c1nc2ccccc2s1. The molecule has 0 saturated carbocycles. The van der Waals surface area contributed by atoms with Gasteiger partial charge in [-0.2, -0.15) is 0 Å². The number of benzene rings is 2. The summed E-state index contributed by atoms with van der Waals surface area (Å²) >= 11 is 1.77. The van der Waals surface area contributed by atoms with Crippen molar-refractivity contribution in [2.45, 2.75) is 32.9 Å². The fourth-order valence-corrected chi connectivity index (χ4v) is 3.66. The maximum Gasteiger partial charge on any atom is 0.111 e. The summed E-state index contributed by atoms with van der Waals surface area (Å²) in [5.41, 5.74) is 3.77. The number of hydrogen-bond donors (Lipinski definition) is 1. The maximum atomic E-state index is 4.74. The number of thiazole rings is 1. The minimum atomic E-state index is 0.247. The van der Waals surface area contributed by atoms with Gasteiger partial charge in [-0.1, -0.05) is 36.4 Å². The average molecular weight is 296 g/mol. The van der Waals surface area contributed by atoms with Crippen LogP contribution in [0.25, 0.3) is 10.2 Å². The molecule has 2 aromatic carbocycles. The summed E-state index contributed by atoms with van der Waals surface area (Å²) in [5.74, 6) is 0. The van der Waals surface area contributed by atoms with E-state index >= 15 is 0 Å². The molecule has 21 heavy (non-hydrogen) atoms. The van der Waals surface area contributed by atoms with Gasteiger partial charge in [0.05, 0.1) is 16.3 Å². The fraction of sp³-hybridized carbons (Fsp3) is 0.278. The van der Waals surface area contributed by atoms with Crippen LogP contribution in [-0.2, 0) is 0 Å². The van der Waals surface area contributed by atoms with Gasteiger partial charge < -0.3 is 5.32 Å². The van der Waals surface area contributed by atoms with Crippen LogP contribution in [0, 0.1) is 6.92 Å². The van der Waals surface area contributed by atoms with E-state index in [4.69, 9.17) is 4.98 Å². The van der Waals surface area contributed by atoms with E-state index in [0.29, 0.717) is 6.04 Å². The smallest absolute Gasteiger partial charge is 0.111 e. The second-order valence-corrected chi connectivity index (χ2v) is 6.55. The second kappa shape index (κ2) is 5.96. The predicted molar refractivity (Wildman–Crippen MR) is 90.8 cm³/mol. The van der Waals surface area contributed by atoms with E-state index in [2.05, 4.69) is 68.6 Å². The van der Waals surface area contributed by atoms with Crippen LogP contribution in [0.15, 0.2) is 48.5 Å². The van der Waals surface area contributed by atoms with Crippen molar-refractivity contribution < 1.29 is 0 Å². The molecule has 1 unspecified atom stereocenters. The molecular weight excluding hydrogens is 276 g/mol. The lowest BCUT2D eigenvalue weighted by molar-refractivity contribution is 0.492. The lowest BCUT2D eigenvalue weighted by atomic mass is 10.0. The monoisotopic (exact) mass is 296 g/mol. The van der Waals surface area contributed by atoms with Gasteiger partial charge in [0.2, 0.25) is 0 Å². The van der Waals surface area contributed by atoms with Gasteiger partial charge in [-0.25, -0.2) is 4.98 Å². The number of aromatic nitrogens is 1. The van der Waals surface area contributed by atoms with E-state index in [1.807, 2.05) is 6.07 Å². The molecule has 0 saturated heterocycles. The average Bonchev–Trinajstić information content (AvgIpc) is 2.91.